The molecule has 1 fully saturated rings. The number of hydrogen-bond donors (Lipinski definition) is 1. The maximum absolute atomic E-state index is 12.3. The number of nitrogens with zero attached hydrogens (tertiary/aromatic N) is 1. The Morgan fingerprint density at radius 3 is 1.77 bits per heavy atom. The van der Waals surface area contributed by atoms with Crippen LogP contribution in [0.5, 0.6) is 0 Å². The molecule has 0 unspecified atom stereocenters. The minimum absolute atomic E-state index is 0.250. The van der Waals surface area contributed by atoms with Crippen molar-refractivity contribution in [3.63, 3.8) is 0 Å². The van der Waals surface area contributed by atoms with E-state index < -0.39 is 5.97 Å². The van der Waals surface area contributed by atoms with Crippen LogP contribution in [0, 0.1) is 0 Å². The molecular weight excluding hydrogens is 328 g/mol. The van der Waals surface area contributed by atoms with Crippen LogP contribution in [0.3, 0.4) is 0 Å². The van der Waals surface area contributed by atoms with Crippen LogP contribution in [0.25, 0.3) is 0 Å². The predicted octanol–water partition coefficient (Wildman–Crippen LogP) is 4.86. The molecule has 0 bridgehead atoms. The maximum atomic E-state index is 12.3. The largest absolute Gasteiger partial charge is 0.465 e. The van der Waals surface area contributed by atoms with Gasteiger partial charge in [0.05, 0.1) is 12.7 Å². The van der Waals surface area contributed by atoms with Gasteiger partial charge in [0.2, 0.25) is 0 Å². The molecule has 1 amide bonds. The zero-order valence-electron chi connectivity index (χ0n) is 15.8. The number of ether oxygens (including phenoxy) is 1. The summed E-state index contributed by atoms with van der Waals surface area (Å²) in [4.78, 5) is 23.7. The Morgan fingerprint density at radius 1 is 0.808 bits per heavy atom. The number of rotatable bonds is 3. The van der Waals surface area contributed by atoms with Gasteiger partial charge in [-0.25, -0.2) is 10.2 Å². The molecule has 1 saturated carbocycles. The SMILES string of the molecule is COC(=O)c1ccc(C(=O)NN=C2CCCCCCCCCCC2)cc1. The van der Waals surface area contributed by atoms with Crippen molar-refractivity contribution in [1.29, 1.82) is 0 Å². The number of carbonyl (C=O) groups is 2. The molecule has 1 aromatic carbocycles. The van der Waals surface area contributed by atoms with Gasteiger partial charge in [0.15, 0.2) is 0 Å². The minimum Gasteiger partial charge on any atom is -0.465 e. The van der Waals surface area contributed by atoms with Gasteiger partial charge in [-0.15, -0.1) is 0 Å². The second-order valence-electron chi connectivity index (χ2n) is 6.87. The number of amides is 1. The van der Waals surface area contributed by atoms with E-state index in [4.69, 9.17) is 0 Å². The summed E-state index contributed by atoms with van der Waals surface area (Å²) in [7, 11) is 1.34. The summed E-state index contributed by atoms with van der Waals surface area (Å²) >= 11 is 0. The topological polar surface area (TPSA) is 67.8 Å². The fourth-order valence-electron chi connectivity index (χ4n) is 3.20. The highest BCUT2D eigenvalue weighted by Crippen LogP contribution is 2.15. The zero-order chi connectivity index (χ0) is 18.6. The quantitative estimate of drug-likeness (QED) is 0.619. The van der Waals surface area contributed by atoms with Gasteiger partial charge in [-0.2, -0.15) is 5.10 Å². The molecule has 142 valence electrons. The average Bonchev–Trinajstić information content (AvgIpc) is 2.67. The van der Waals surface area contributed by atoms with E-state index in [1.807, 2.05) is 0 Å². The van der Waals surface area contributed by atoms with Crippen molar-refractivity contribution in [3.05, 3.63) is 35.4 Å². The first-order valence-electron chi connectivity index (χ1n) is 9.75. The number of methoxy groups -OCH3 is 1. The van der Waals surface area contributed by atoms with Gasteiger partial charge in [-0.3, -0.25) is 4.79 Å². The van der Waals surface area contributed by atoms with Gasteiger partial charge >= 0.3 is 5.97 Å². The van der Waals surface area contributed by atoms with Crippen molar-refractivity contribution in [1.82, 2.24) is 5.43 Å². The van der Waals surface area contributed by atoms with Crippen LogP contribution in [0.1, 0.15) is 91.3 Å². The number of hydrazone groups is 1. The Balaban J connectivity index is 1.91. The van der Waals surface area contributed by atoms with Crippen molar-refractivity contribution in [2.24, 2.45) is 5.10 Å². The van der Waals surface area contributed by atoms with Gasteiger partial charge < -0.3 is 4.74 Å². The van der Waals surface area contributed by atoms with Crippen LogP contribution < -0.4 is 5.43 Å². The molecule has 0 atom stereocenters. The van der Waals surface area contributed by atoms with Crippen molar-refractivity contribution in [2.75, 3.05) is 7.11 Å². The average molecular weight is 358 g/mol. The number of benzene rings is 1. The molecule has 26 heavy (non-hydrogen) atoms. The van der Waals surface area contributed by atoms with E-state index in [1.165, 1.54) is 52.1 Å². The third-order valence-corrected chi connectivity index (χ3v) is 4.81. The highest BCUT2D eigenvalue weighted by atomic mass is 16.5. The second-order valence-corrected chi connectivity index (χ2v) is 6.87. The molecule has 1 N–H and O–H groups in total. The molecule has 0 aliphatic heterocycles. The molecule has 0 spiro atoms. The van der Waals surface area contributed by atoms with Crippen LogP contribution in [0.2, 0.25) is 0 Å². The van der Waals surface area contributed by atoms with Crippen LogP contribution in [0.4, 0.5) is 0 Å². The third-order valence-electron chi connectivity index (χ3n) is 4.81. The lowest BCUT2D eigenvalue weighted by molar-refractivity contribution is 0.0600. The van der Waals surface area contributed by atoms with Gasteiger partial charge in [0, 0.05) is 11.3 Å². The molecule has 1 aliphatic carbocycles. The summed E-state index contributed by atoms with van der Waals surface area (Å²) in [5.74, 6) is -0.662. The van der Waals surface area contributed by atoms with E-state index in [2.05, 4.69) is 15.3 Å². The van der Waals surface area contributed by atoms with Crippen LogP contribution in [-0.4, -0.2) is 24.7 Å². The Labute approximate surface area is 156 Å². The van der Waals surface area contributed by atoms with Gasteiger partial charge in [0.25, 0.3) is 5.91 Å². The lowest BCUT2D eigenvalue weighted by atomic mass is 10.00. The Bertz CT molecular complexity index is 594. The van der Waals surface area contributed by atoms with E-state index in [0.29, 0.717) is 11.1 Å². The number of nitrogens with one attached hydrogen (secondary N) is 1. The number of hydrogen-bond acceptors (Lipinski definition) is 4. The third kappa shape index (κ3) is 6.98. The summed E-state index contributed by atoms with van der Waals surface area (Å²) in [6.45, 7) is 0. The lowest BCUT2D eigenvalue weighted by Crippen LogP contribution is -2.20. The first-order valence-corrected chi connectivity index (χ1v) is 9.75. The second kappa shape index (κ2) is 11.4. The molecule has 5 heteroatoms. The first-order chi connectivity index (χ1) is 12.7. The van der Waals surface area contributed by atoms with E-state index in [1.54, 1.807) is 24.3 Å². The molecule has 0 heterocycles. The molecule has 0 radical (unpaired) electrons. The van der Waals surface area contributed by atoms with Crippen molar-refractivity contribution < 1.29 is 14.3 Å². The Kier molecular flexibility index (Phi) is 8.87. The highest BCUT2D eigenvalue weighted by Gasteiger charge is 2.09. The number of carbonyl (C=O) groups excluding carboxylic acids is 2. The molecule has 0 aromatic heterocycles. The molecule has 2 rings (SSSR count). The number of esters is 1. The molecular formula is C21H30N2O3. The summed E-state index contributed by atoms with van der Waals surface area (Å²) in [6, 6.07) is 6.40. The fourth-order valence-corrected chi connectivity index (χ4v) is 3.20. The van der Waals surface area contributed by atoms with Gasteiger partial charge in [0.1, 0.15) is 0 Å². The van der Waals surface area contributed by atoms with Crippen molar-refractivity contribution >= 4 is 17.6 Å². The molecule has 1 aliphatic rings. The lowest BCUT2D eigenvalue weighted by Gasteiger charge is -2.10. The predicted molar refractivity (Wildman–Crippen MR) is 103 cm³/mol. The molecule has 0 saturated heterocycles. The fraction of sp³-hybridized carbons (Fsp3) is 0.571. The van der Waals surface area contributed by atoms with E-state index in [-0.39, 0.29) is 5.91 Å². The Hall–Kier alpha value is -2.17. The highest BCUT2D eigenvalue weighted by molar-refractivity contribution is 5.97. The normalized spacial score (nSPS) is 16.7. The molecule has 1 aromatic rings. The maximum Gasteiger partial charge on any atom is 0.337 e. The van der Waals surface area contributed by atoms with Gasteiger partial charge in [-0.05, 0) is 49.9 Å². The monoisotopic (exact) mass is 358 g/mol. The van der Waals surface area contributed by atoms with Crippen LogP contribution >= 0.6 is 0 Å². The summed E-state index contributed by atoms with van der Waals surface area (Å²) in [5, 5.41) is 4.39. The first kappa shape index (κ1) is 20.1. The summed E-state index contributed by atoms with van der Waals surface area (Å²) in [6.07, 6.45) is 13.3. The van der Waals surface area contributed by atoms with Crippen molar-refractivity contribution in [3.8, 4) is 0 Å². The Morgan fingerprint density at radius 2 is 1.27 bits per heavy atom. The minimum atomic E-state index is -0.412. The van der Waals surface area contributed by atoms with E-state index in [9.17, 15) is 9.59 Å². The van der Waals surface area contributed by atoms with Crippen LogP contribution in [-0.2, 0) is 4.74 Å². The van der Waals surface area contributed by atoms with Crippen LogP contribution in [0.15, 0.2) is 29.4 Å². The van der Waals surface area contributed by atoms with Gasteiger partial charge in [-0.1, -0.05) is 44.9 Å². The standard InChI is InChI=1S/C21H30N2O3/c1-26-21(25)18-15-13-17(14-16-18)20(24)23-22-19-11-9-7-5-3-2-4-6-8-10-12-19/h13-16H,2-12H2,1H3,(H,23,24). The smallest absolute Gasteiger partial charge is 0.337 e. The zero-order valence-corrected chi connectivity index (χ0v) is 15.8. The van der Waals surface area contributed by atoms with E-state index >= 15 is 0 Å². The molecule has 5 nitrogen and oxygen atoms in total. The summed E-state index contributed by atoms with van der Waals surface area (Å²) in [5.41, 5.74) is 4.67. The van der Waals surface area contributed by atoms with E-state index in [0.717, 1.165) is 31.4 Å². The van der Waals surface area contributed by atoms with Crippen molar-refractivity contribution in [2.45, 2.75) is 70.6 Å². The summed E-state index contributed by atoms with van der Waals surface area (Å²) < 4.78 is 4.66.